The van der Waals surface area contributed by atoms with Gasteiger partial charge in [0.25, 0.3) is 5.91 Å². The van der Waals surface area contributed by atoms with Crippen LogP contribution in [0.4, 0.5) is 11.6 Å². The number of methoxy groups -OCH3 is 1. The van der Waals surface area contributed by atoms with Crippen LogP contribution in [0.15, 0.2) is 30.3 Å². The number of aromatic nitrogens is 2. The average Bonchev–Trinajstić information content (AvgIpc) is 2.46. The Bertz CT molecular complexity index is 671. The average molecular weight is 300 g/mol. The molecule has 6 nitrogen and oxygen atoms in total. The standard InChI is InChI=1S/C16H20N4O2/c1-10(2)17-16-18-11(3)9-13(20-16)15(21)19-12-7-5-6-8-14(12)22-4/h5-10H,1-4H3,(H,19,21)(H,17,18,20). The Hall–Kier alpha value is -2.63. The van der Waals surface area contributed by atoms with Gasteiger partial charge in [-0.25, -0.2) is 9.97 Å². The van der Waals surface area contributed by atoms with Crippen molar-refractivity contribution in [3.05, 3.63) is 41.7 Å². The SMILES string of the molecule is COc1ccccc1NC(=O)c1cc(C)nc(NC(C)C)n1. The van der Waals surface area contributed by atoms with Gasteiger partial charge in [-0.15, -0.1) is 0 Å². The zero-order valence-corrected chi connectivity index (χ0v) is 13.2. The highest BCUT2D eigenvalue weighted by atomic mass is 16.5. The fourth-order valence-electron chi connectivity index (χ4n) is 1.94. The Morgan fingerprint density at radius 3 is 2.64 bits per heavy atom. The van der Waals surface area contributed by atoms with Crippen LogP contribution in [-0.2, 0) is 0 Å². The van der Waals surface area contributed by atoms with Crippen LogP contribution in [0.2, 0.25) is 0 Å². The largest absolute Gasteiger partial charge is 0.495 e. The third-order valence-corrected chi connectivity index (χ3v) is 2.86. The van der Waals surface area contributed by atoms with Gasteiger partial charge in [0.1, 0.15) is 11.4 Å². The molecule has 0 atom stereocenters. The second-order valence-corrected chi connectivity index (χ2v) is 5.17. The van der Waals surface area contributed by atoms with E-state index in [1.807, 2.05) is 32.9 Å². The summed E-state index contributed by atoms with van der Waals surface area (Å²) in [6.07, 6.45) is 0. The lowest BCUT2D eigenvalue weighted by atomic mass is 10.2. The molecule has 22 heavy (non-hydrogen) atoms. The molecule has 1 aromatic carbocycles. The maximum atomic E-state index is 12.4. The summed E-state index contributed by atoms with van der Waals surface area (Å²) in [7, 11) is 1.56. The minimum Gasteiger partial charge on any atom is -0.495 e. The van der Waals surface area contributed by atoms with E-state index in [4.69, 9.17) is 4.74 Å². The number of carbonyl (C=O) groups is 1. The summed E-state index contributed by atoms with van der Waals surface area (Å²) in [5, 5.41) is 5.90. The molecule has 0 radical (unpaired) electrons. The lowest BCUT2D eigenvalue weighted by molar-refractivity contribution is 0.102. The molecule has 6 heteroatoms. The highest BCUT2D eigenvalue weighted by Gasteiger charge is 2.13. The summed E-state index contributed by atoms with van der Waals surface area (Å²) in [4.78, 5) is 20.9. The molecule has 0 aliphatic carbocycles. The van der Waals surface area contributed by atoms with Crippen molar-refractivity contribution in [3.8, 4) is 5.75 Å². The van der Waals surface area contributed by atoms with Crippen LogP contribution in [0, 0.1) is 6.92 Å². The van der Waals surface area contributed by atoms with E-state index in [1.54, 1.807) is 25.3 Å². The van der Waals surface area contributed by atoms with Crippen LogP contribution in [-0.4, -0.2) is 29.0 Å². The number of hydrogen-bond donors (Lipinski definition) is 2. The van der Waals surface area contributed by atoms with Gasteiger partial charge in [-0.05, 0) is 39.0 Å². The Labute approximate surface area is 129 Å². The summed E-state index contributed by atoms with van der Waals surface area (Å²) in [6, 6.07) is 9.07. The molecule has 2 rings (SSSR count). The summed E-state index contributed by atoms with van der Waals surface area (Å²) in [6.45, 7) is 5.80. The van der Waals surface area contributed by atoms with Crippen LogP contribution < -0.4 is 15.4 Å². The van der Waals surface area contributed by atoms with E-state index < -0.39 is 0 Å². The lowest BCUT2D eigenvalue weighted by Crippen LogP contribution is -2.18. The van der Waals surface area contributed by atoms with Crippen LogP contribution in [0.25, 0.3) is 0 Å². The van der Waals surface area contributed by atoms with Crippen LogP contribution >= 0.6 is 0 Å². The van der Waals surface area contributed by atoms with Crippen molar-refractivity contribution in [2.24, 2.45) is 0 Å². The maximum Gasteiger partial charge on any atom is 0.274 e. The van der Waals surface area contributed by atoms with Crippen molar-refractivity contribution >= 4 is 17.5 Å². The van der Waals surface area contributed by atoms with E-state index in [2.05, 4.69) is 20.6 Å². The second-order valence-electron chi connectivity index (χ2n) is 5.17. The van der Waals surface area contributed by atoms with Crippen LogP contribution in [0.3, 0.4) is 0 Å². The summed E-state index contributed by atoms with van der Waals surface area (Å²) < 4.78 is 5.22. The van der Waals surface area contributed by atoms with Crippen molar-refractivity contribution in [3.63, 3.8) is 0 Å². The van der Waals surface area contributed by atoms with Gasteiger partial charge in [0.2, 0.25) is 5.95 Å². The van der Waals surface area contributed by atoms with Crippen molar-refractivity contribution in [1.29, 1.82) is 0 Å². The quantitative estimate of drug-likeness (QED) is 0.888. The predicted molar refractivity (Wildman–Crippen MR) is 86.5 cm³/mol. The zero-order chi connectivity index (χ0) is 16.1. The summed E-state index contributed by atoms with van der Waals surface area (Å²) in [5.41, 5.74) is 1.63. The molecule has 0 bridgehead atoms. The van der Waals surface area contributed by atoms with E-state index in [0.717, 1.165) is 5.69 Å². The van der Waals surface area contributed by atoms with E-state index in [9.17, 15) is 4.79 Å². The number of nitrogens with zero attached hydrogens (tertiary/aromatic N) is 2. The normalized spacial score (nSPS) is 10.4. The Balaban J connectivity index is 2.24. The number of anilines is 2. The first kappa shape index (κ1) is 15.8. The van der Waals surface area contributed by atoms with Crippen LogP contribution in [0.1, 0.15) is 30.0 Å². The van der Waals surface area contributed by atoms with Gasteiger partial charge in [-0.2, -0.15) is 0 Å². The molecule has 0 aliphatic rings. The first-order chi connectivity index (χ1) is 10.5. The predicted octanol–water partition coefficient (Wildman–Crippen LogP) is 2.87. The van der Waals surface area contributed by atoms with Crippen LogP contribution in [0.5, 0.6) is 5.75 Å². The number of benzene rings is 1. The Morgan fingerprint density at radius 1 is 1.23 bits per heavy atom. The minimum atomic E-state index is -0.304. The van der Waals surface area contributed by atoms with E-state index in [1.165, 1.54) is 0 Å². The van der Waals surface area contributed by atoms with E-state index in [-0.39, 0.29) is 11.9 Å². The molecule has 2 aromatic rings. The number of ether oxygens (including phenoxy) is 1. The van der Waals surface area contributed by atoms with Crippen molar-refractivity contribution < 1.29 is 9.53 Å². The number of para-hydroxylation sites is 2. The number of aryl methyl sites for hydroxylation is 1. The second kappa shape index (κ2) is 6.89. The van der Waals surface area contributed by atoms with Crippen molar-refractivity contribution in [2.75, 3.05) is 17.7 Å². The Morgan fingerprint density at radius 2 is 1.95 bits per heavy atom. The van der Waals surface area contributed by atoms with E-state index in [0.29, 0.717) is 23.1 Å². The minimum absolute atomic E-state index is 0.187. The lowest BCUT2D eigenvalue weighted by Gasteiger charge is -2.12. The smallest absolute Gasteiger partial charge is 0.274 e. The fraction of sp³-hybridized carbons (Fsp3) is 0.312. The summed E-state index contributed by atoms with van der Waals surface area (Å²) >= 11 is 0. The third kappa shape index (κ3) is 3.94. The van der Waals surface area contributed by atoms with Gasteiger partial charge >= 0.3 is 0 Å². The highest BCUT2D eigenvalue weighted by molar-refractivity contribution is 6.03. The van der Waals surface area contributed by atoms with Gasteiger partial charge in [0.15, 0.2) is 0 Å². The molecule has 0 unspecified atom stereocenters. The molecular weight excluding hydrogens is 280 g/mol. The van der Waals surface area contributed by atoms with Gasteiger partial charge < -0.3 is 15.4 Å². The number of nitrogens with one attached hydrogen (secondary N) is 2. The molecule has 0 saturated carbocycles. The molecule has 1 amide bonds. The molecule has 1 heterocycles. The number of carbonyl (C=O) groups excluding carboxylic acids is 1. The first-order valence-corrected chi connectivity index (χ1v) is 7.06. The van der Waals surface area contributed by atoms with Gasteiger partial charge in [-0.3, -0.25) is 4.79 Å². The number of amides is 1. The highest BCUT2D eigenvalue weighted by Crippen LogP contribution is 2.23. The molecule has 0 saturated heterocycles. The van der Waals surface area contributed by atoms with Crippen molar-refractivity contribution in [2.45, 2.75) is 26.8 Å². The van der Waals surface area contributed by atoms with Gasteiger partial charge in [0, 0.05) is 11.7 Å². The molecule has 2 N–H and O–H groups in total. The van der Waals surface area contributed by atoms with Gasteiger partial charge in [0.05, 0.1) is 12.8 Å². The fourth-order valence-corrected chi connectivity index (χ4v) is 1.94. The monoisotopic (exact) mass is 300 g/mol. The third-order valence-electron chi connectivity index (χ3n) is 2.86. The molecular formula is C16H20N4O2. The zero-order valence-electron chi connectivity index (χ0n) is 13.2. The number of rotatable bonds is 5. The van der Waals surface area contributed by atoms with E-state index >= 15 is 0 Å². The number of hydrogen-bond acceptors (Lipinski definition) is 5. The molecule has 0 spiro atoms. The Kier molecular flexibility index (Phi) is 4.93. The van der Waals surface area contributed by atoms with Crippen molar-refractivity contribution in [1.82, 2.24) is 9.97 Å². The molecule has 1 aromatic heterocycles. The molecule has 0 fully saturated rings. The summed E-state index contributed by atoms with van der Waals surface area (Å²) in [5.74, 6) is 0.740. The molecule has 0 aliphatic heterocycles. The molecule has 116 valence electrons. The van der Waals surface area contributed by atoms with Gasteiger partial charge in [-0.1, -0.05) is 12.1 Å². The first-order valence-electron chi connectivity index (χ1n) is 7.06. The topological polar surface area (TPSA) is 76.1 Å². The maximum absolute atomic E-state index is 12.4.